The van der Waals surface area contributed by atoms with E-state index in [0.29, 0.717) is 0 Å². The fraction of sp³-hybridized carbons (Fsp3) is 0.417. The van der Waals surface area contributed by atoms with Gasteiger partial charge < -0.3 is 14.5 Å². The minimum absolute atomic E-state index is 0.754. The van der Waals surface area contributed by atoms with Crippen LogP contribution in [0.4, 0.5) is 0 Å². The molecule has 2 aromatic rings. The SMILES string of the molecule is CCOCCNCc1cn2ccccc2n1. The van der Waals surface area contributed by atoms with Crippen LogP contribution in [0.2, 0.25) is 0 Å². The van der Waals surface area contributed by atoms with Gasteiger partial charge in [0.25, 0.3) is 0 Å². The smallest absolute Gasteiger partial charge is 0.137 e. The van der Waals surface area contributed by atoms with Gasteiger partial charge in [-0.1, -0.05) is 6.07 Å². The lowest BCUT2D eigenvalue weighted by molar-refractivity contribution is 0.149. The number of rotatable bonds is 6. The molecule has 0 aliphatic carbocycles. The molecule has 86 valence electrons. The summed E-state index contributed by atoms with van der Waals surface area (Å²) in [5.74, 6) is 0. The van der Waals surface area contributed by atoms with Crippen LogP contribution in [0.3, 0.4) is 0 Å². The van der Waals surface area contributed by atoms with E-state index in [-0.39, 0.29) is 0 Å². The summed E-state index contributed by atoms with van der Waals surface area (Å²) in [6.07, 6.45) is 4.05. The van der Waals surface area contributed by atoms with E-state index in [1.807, 2.05) is 41.9 Å². The zero-order valence-corrected chi connectivity index (χ0v) is 9.52. The lowest BCUT2D eigenvalue weighted by atomic mass is 10.4. The summed E-state index contributed by atoms with van der Waals surface area (Å²) in [6, 6.07) is 6.00. The normalized spacial score (nSPS) is 11.1. The Morgan fingerprint density at radius 2 is 2.38 bits per heavy atom. The third kappa shape index (κ3) is 2.81. The summed E-state index contributed by atoms with van der Waals surface area (Å²) in [7, 11) is 0. The molecule has 0 amide bonds. The highest BCUT2D eigenvalue weighted by Crippen LogP contribution is 2.03. The monoisotopic (exact) mass is 219 g/mol. The molecule has 0 fully saturated rings. The van der Waals surface area contributed by atoms with E-state index in [4.69, 9.17) is 4.74 Å². The first-order chi connectivity index (χ1) is 7.90. The molecule has 0 spiro atoms. The average molecular weight is 219 g/mol. The van der Waals surface area contributed by atoms with Crippen molar-refractivity contribution in [3.8, 4) is 0 Å². The summed E-state index contributed by atoms with van der Waals surface area (Å²) >= 11 is 0. The van der Waals surface area contributed by atoms with Crippen molar-refractivity contribution in [3.05, 3.63) is 36.3 Å². The Morgan fingerprint density at radius 3 is 3.19 bits per heavy atom. The maximum Gasteiger partial charge on any atom is 0.137 e. The highest BCUT2D eigenvalue weighted by atomic mass is 16.5. The predicted octanol–water partition coefficient (Wildman–Crippen LogP) is 1.46. The number of pyridine rings is 1. The Hall–Kier alpha value is -1.39. The van der Waals surface area contributed by atoms with Crippen LogP contribution >= 0.6 is 0 Å². The van der Waals surface area contributed by atoms with Crippen molar-refractivity contribution >= 4 is 5.65 Å². The van der Waals surface area contributed by atoms with Crippen LogP contribution in [-0.2, 0) is 11.3 Å². The third-order valence-corrected chi connectivity index (χ3v) is 2.35. The van der Waals surface area contributed by atoms with E-state index in [0.717, 1.165) is 37.6 Å². The van der Waals surface area contributed by atoms with E-state index in [2.05, 4.69) is 10.3 Å². The van der Waals surface area contributed by atoms with Crippen molar-refractivity contribution in [2.24, 2.45) is 0 Å². The molecule has 1 N–H and O–H groups in total. The van der Waals surface area contributed by atoms with Gasteiger partial charge in [0.2, 0.25) is 0 Å². The van der Waals surface area contributed by atoms with Gasteiger partial charge in [-0.25, -0.2) is 4.98 Å². The number of nitrogens with zero attached hydrogens (tertiary/aromatic N) is 2. The van der Waals surface area contributed by atoms with Crippen molar-refractivity contribution in [2.45, 2.75) is 13.5 Å². The molecule has 0 unspecified atom stereocenters. The van der Waals surface area contributed by atoms with Gasteiger partial charge in [-0.3, -0.25) is 0 Å². The number of imidazole rings is 1. The number of hydrogen-bond donors (Lipinski definition) is 1. The van der Waals surface area contributed by atoms with Crippen molar-refractivity contribution in [1.82, 2.24) is 14.7 Å². The van der Waals surface area contributed by atoms with E-state index < -0.39 is 0 Å². The topological polar surface area (TPSA) is 38.6 Å². The summed E-state index contributed by atoms with van der Waals surface area (Å²) in [6.45, 7) is 5.18. The minimum atomic E-state index is 0.754. The van der Waals surface area contributed by atoms with Gasteiger partial charge in [-0.05, 0) is 19.1 Å². The number of hydrogen-bond acceptors (Lipinski definition) is 3. The summed E-state index contributed by atoms with van der Waals surface area (Å²) in [5.41, 5.74) is 2.05. The van der Waals surface area contributed by atoms with Crippen LogP contribution in [0.1, 0.15) is 12.6 Å². The van der Waals surface area contributed by atoms with E-state index in [1.165, 1.54) is 0 Å². The van der Waals surface area contributed by atoms with E-state index >= 15 is 0 Å². The fourth-order valence-electron chi connectivity index (χ4n) is 1.58. The molecule has 2 aromatic heterocycles. The third-order valence-electron chi connectivity index (χ3n) is 2.35. The first kappa shape index (κ1) is 11.1. The molecule has 4 heteroatoms. The number of ether oxygens (including phenoxy) is 1. The van der Waals surface area contributed by atoms with Gasteiger partial charge in [0.15, 0.2) is 0 Å². The zero-order valence-electron chi connectivity index (χ0n) is 9.52. The molecular formula is C12H17N3O. The standard InChI is InChI=1S/C12H17N3O/c1-2-16-8-6-13-9-11-10-15-7-4-3-5-12(15)14-11/h3-5,7,10,13H,2,6,8-9H2,1H3. The molecule has 16 heavy (non-hydrogen) atoms. The predicted molar refractivity (Wildman–Crippen MR) is 63.4 cm³/mol. The number of nitrogens with one attached hydrogen (secondary N) is 1. The Balaban J connectivity index is 1.85. The summed E-state index contributed by atoms with van der Waals surface area (Å²) in [4.78, 5) is 4.49. The Morgan fingerprint density at radius 1 is 1.44 bits per heavy atom. The van der Waals surface area contributed by atoms with Crippen molar-refractivity contribution in [2.75, 3.05) is 19.8 Å². The second-order valence-corrected chi connectivity index (χ2v) is 3.57. The highest BCUT2D eigenvalue weighted by molar-refractivity contribution is 5.39. The molecule has 0 aliphatic rings. The average Bonchev–Trinajstić information content (AvgIpc) is 2.71. The van der Waals surface area contributed by atoms with Crippen LogP contribution in [0, 0.1) is 0 Å². The first-order valence-corrected chi connectivity index (χ1v) is 5.61. The van der Waals surface area contributed by atoms with Crippen molar-refractivity contribution in [3.63, 3.8) is 0 Å². The Kier molecular flexibility index (Phi) is 3.91. The van der Waals surface area contributed by atoms with Crippen LogP contribution in [0.25, 0.3) is 5.65 Å². The van der Waals surface area contributed by atoms with Gasteiger partial charge in [-0.2, -0.15) is 0 Å². The van der Waals surface area contributed by atoms with Crippen LogP contribution in [0.15, 0.2) is 30.6 Å². The summed E-state index contributed by atoms with van der Waals surface area (Å²) in [5, 5.41) is 3.30. The molecule has 0 aliphatic heterocycles. The lowest BCUT2D eigenvalue weighted by Crippen LogP contribution is -2.19. The van der Waals surface area contributed by atoms with E-state index in [1.54, 1.807) is 0 Å². The van der Waals surface area contributed by atoms with Crippen molar-refractivity contribution in [1.29, 1.82) is 0 Å². The van der Waals surface area contributed by atoms with Crippen molar-refractivity contribution < 1.29 is 4.74 Å². The first-order valence-electron chi connectivity index (χ1n) is 5.61. The lowest BCUT2D eigenvalue weighted by Gasteiger charge is -2.01. The Labute approximate surface area is 95.3 Å². The molecule has 0 bridgehead atoms. The van der Waals surface area contributed by atoms with Crippen LogP contribution < -0.4 is 5.32 Å². The fourth-order valence-corrected chi connectivity index (χ4v) is 1.58. The highest BCUT2D eigenvalue weighted by Gasteiger charge is 1.99. The second-order valence-electron chi connectivity index (χ2n) is 3.57. The molecule has 4 nitrogen and oxygen atoms in total. The zero-order chi connectivity index (χ0) is 11.2. The number of fused-ring (bicyclic) bond motifs is 1. The quantitative estimate of drug-likeness (QED) is 0.747. The molecular weight excluding hydrogens is 202 g/mol. The van der Waals surface area contributed by atoms with Gasteiger partial charge in [0, 0.05) is 32.1 Å². The maximum absolute atomic E-state index is 5.24. The Bertz CT molecular complexity index is 406. The second kappa shape index (κ2) is 5.63. The number of aromatic nitrogens is 2. The van der Waals surface area contributed by atoms with Crippen LogP contribution in [0.5, 0.6) is 0 Å². The van der Waals surface area contributed by atoms with Gasteiger partial charge in [0.05, 0.1) is 12.3 Å². The van der Waals surface area contributed by atoms with Crippen LogP contribution in [-0.4, -0.2) is 29.1 Å². The summed E-state index contributed by atoms with van der Waals surface area (Å²) < 4.78 is 7.27. The van der Waals surface area contributed by atoms with Gasteiger partial charge in [0.1, 0.15) is 5.65 Å². The molecule has 2 heterocycles. The molecule has 0 aromatic carbocycles. The van der Waals surface area contributed by atoms with E-state index in [9.17, 15) is 0 Å². The maximum atomic E-state index is 5.24. The van der Waals surface area contributed by atoms with Gasteiger partial charge >= 0.3 is 0 Å². The van der Waals surface area contributed by atoms with Gasteiger partial charge in [-0.15, -0.1) is 0 Å². The molecule has 2 rings (SSSR count). The minimum Gasteiger partial charge on any atom is -0.380 e. The molecule has 0 saturated carbocycles. The molecule has 0 radical (unpaired) electrons. The molecule has 0 atom stereocenters. The molecule has 0 saturated heterocycles. The largest absolute Gasteiger partial charge is 0.380 e.